The molecule has 2 rings (SSSR count). The van der Waals surface area contributed by atoms with E-state index < -0.39 is 11.8 Å². The number of para-hydroxylation sites is 1. The van der Waals surface area contributed by atoms with Gasteiger partial charge < -0.3 is 9.47 Å². The van der Waals surface area contributed by atoms with Crippen LogP contribution in [0.1, 0.15) is 22.5 Å². The second kappa shape index (κ2) is 8.29. The number of carbonyl (C=O) groups is 2. The molecule has 0 aliphatic rings. The van der Waals surface area contributed by atoms with Gasteiger partial charge in [0.1, 0.15) is 13.2 Å². The van der Waals surface area contributed by atoms with Gasteiger partial charge in [0.2, 0.25) is 0 Å². The van der Waals surface area contributed by atoms with E-state index in [9.17, 15) is 14.0 Å². The normalized spacial score (nSPS) is 10.2. The third-order valence-electron chi connectivity index (χ3n) is 2.79. The van der Waals surface area contributed by atoms with Gasteiger partial charge in [0.15, 0.2) is 17.3 Å². The van der Waals surface area contributed by atoms with E-state index in [-0.39, 0.29) is 37.6 Å². The molecule has 0 fully saturated rings. The summed E-state index contributed by atoms with van der Waals surface area (Å²) in [4.78, 5) is 23.8. The molecule has 4 nitrogen and oxygen atoms in total. The molecule has 0 saturated carbocycles. The van der Waals surface area contributed by atoms with Crippen molar-refractivity contribution in [1.82, 2.24) is 0 Å². The van der Waals surface area contributed by atoms with Gasteiger partial charge in [-0.15, -0.1) is 11.3 Å². The Morgan fingerprint density at radius 3 is 2.59 bits per heavy atom. The minimum atomic E-state index is -0.470. The molecule has 116 valence electrons. The van der Waals surface area contributed by atoms with Crippen LogP contribution >= 0.6 is 11.3 Å². The number of rotatable bonds is 8. The largest absolute Gasteiger partial charge is 0.487 e. The zero-order valence-corrected chi connectivity index (χ0v) is 12.6. The van der Waals surface area contributed by atoms with Crippen molar-refractivity contribution in [2.45, 2.75) is 12.8 Å². The molecule has 1 heterocycles. The van der Waals surface area contributed by atoms with Crippen molar-refractivity contribution in [2.24, 2.45) is 0 Å². The lowest BCUT2D eigenvalue weighted by Crippen LogP contribution is -2.13. The van der Waals surface area contributed by atoms with E-state index in [1.165, 1.54) is 23.5 Å². The second-order valence-corrected chi connectivity index (χ2v) is 5.35. The third-order valence-corrected chi connectivity index (χ3v) is 3.70. The predicted molar refractivity (Wildman–Crippen MR) is 80.7 cm³/mol. The number of benzene rings is 1. The van der Waals surface area contributed by atoms with E-state index in [1.54, 1.807) is 24.3 Å². The minimum absolute atomic E-state index is 0.0142. The standard InChI is InChI=1S/C16H15FO4S/c17-12-4-1-2-5-14(12)20-9-10-21-16(19)8-7-13(18)15-6-3-11-22-15/h1-6,11H,7-10H2. The number of carbonyl (C=O) groups excluding carboxylic acids is 2. The summed E-state index contributed by atoms with van der Waals surface area (Å²) in [6, 6.07) is 9.51. The van der Waals surface area contributed by atoms with Gasteiger partial charge >= 0.3 is 5.97 Å². The summed E-state index contributed by atoms with van der Waals surface area (Å²) >= 11 is 1.35. The van der Waals surface area contributed by atoms with E-state index >= 15 is 0 Å². The first-order valence-corrected chi connectivity index (χ1v) is 7.64. The van der Waals surface area contributed by atoms with Gasteiger partial charge in [-0.05, 0) is 23.6 Å². The van der Waals surface area contributed by atoms with Gasteiger partial charge in [-0.1, -0.05) is 18.2 Å². The maximum atomic E-state index is 13.3. The van der Waals surface area contributed by atoms with E-state index in [2.05, 4.69) is 0 Å². The molecular formula is C16H15FO4S. The van der Waals surface area contributed by atoms with Crippen LogP contribution < -0.4 is 4.74 Å². The van der Waals surface area contributed by atoms with Crippen LogP contribution in [0, 0.1) is 5.82 Å². The molecule has 1 aromatic heterocycles. The van der Waals surface area contributed by atoms with E-state index in [4.69, 9.17) is 9.47 Å². The summed E-state index contributed by atoms with van der Waals surface area (Å²) in [7, 11) is 0. The van der Waals surface area contributed by atoms with Crippen molar-refractivity contribution in [3.63, 3.8) is 0 Å². The highest BCUT2D eigenvalue weighted by atomic mass is 32.1. The molecule has 0 aliphatic carbocycles. The Bertz CT molecular complexity index is 625. The van der Waals surface area contributed by atoms with Crippen LogP contribution in [0.5, 0.6) is 5.75 Å². The molecule has 0 saturated heterocycles. The number of ether oxygens (including phenoxy) is 2. The maximum Gasteiger partial charge on any atom is 0.306 e. The molecule has 0 N–H and O–H groups in total. The molecule has 0 atom stereocenters. The predicted octanol–water partition coefficient (Wildman–Crippen LogP) is 3.47. The minimum Gasteiger partial charge on any atom is -0.487 e. The fourth-order valence-electron chi connectivity index (χ4n) is 1.72. The number of thiophene rings is 1. The van der Waals surface area contributed by atoms with Gasteiger partial charge in [-0.25, -0.2) is 4.39 Å². The fourth-order valence-corrected chi connectivity index (χ4v) is 2.41. The average Bonchev–Trinajstić information content (AvgIpc) is 3.05. The maximum absolute atomic E-state index is 13.3. The molecule has 22 heavy (non-hydrogen) atoms. The van der Waals surface area contributed by atoms with Crippen LogP contribution in [0.15, 0.2) is 41.8 Å². The Hall–Kier alpha value is -2.21. The Balaban J connectivity index is 1.62. The summed E-state index contributed by atoms with van der Waals surface area (Å²) in [5, 5.41) is 1.81. The van der Waals surface area contributed by atoms with E-state index in [0.717, 1.165) is 0 Å². The first-order valence-electron chi connectivity index (χ1n) is 6.76. The van der Waals surface area contributed by atoms with Gasteiger partial charge in [0.05, 0.1) is 11.3 Å². The number of hydrogen-bond acceptors (Lipinski definition) is 5. The van der Waals surface area contributed by atoms with Crippen LogP contribution in [0.4, 0.5) is 4.39 Å². The van der Waals surface area contributed by atoms with E-state index in [1.807, 2.05) is 5.38 Å². The molecule has 0 unspecified atom stereocenters. The van der Waals surface area contributed by atoms with Crippen LogP contribution in [0.2, 0.25) is 0 Å². The summed E-state index contributed by atoms with van der Waals surface area (Å²) in [6.07, 6.45) is 0.143. The highest BCUT2D eigenvalue weighted by molar-refractivity contribution is 7.12. The topological polar surface area (TPSA) is 52.6 Å². The van der Waals surface area contributed by atoms with Crippen molar-refractivity contribution < 1.29 is 23.5 Å². The number of Topliss-reactive ketones (excluding diaryl/α,β-unsaturated/α-hetero) is 1. The molecule has 2 aromatic rings. The molecule has 0 amide bonds. The summed E-state index contributed by atoms with van der Waals surface area (Å²) in [6.45, 7) is 0.0753. The Morgan fingerprint density at radius 1 is 1.05 bits per heavy atom. The Morgan fingerprint density at radius 2 is 1.86 bits per heavy atom. The van der Waals surface area contributed by atoms with Crippen molar-refractivity contribution in [3.05, 3.63) is 52.5 Å². The van der Waals surface area contributed by atoms with Crippen LogP contribution in [-0.2, 0) is 9.53 Å². The molecule has 0 aliphatic heterocycles. The molecule has 1 aromatic carbocycles. The number of esters is 1. The number of halogens is 1. The Labute approximate surface area is 131 Å². The Kier molecular flexibility index (Phi) is 6.09. The highest BCUT2D eigenvalue weighted by Crippen LogP contribution is 2.15. The molecular weight excluding hydrogens is 307 g/mol. The SMILES string of the molecule is O=C(CCC(=O)c1cccs1)OCCOc1ccccc1F. The zero-order valence-electron chi connectivity index (χ0n) is 11.8. The fraction of sp³-hybridized carbons (Fsp3) is 0.250. The lowest BCUT2D eigenvalue weighted by molar-refractivity contribution is -0.144. The van der Waals surface area contributed by atoms with Crippen LogP contribution in [0.25, 0.3) is 0 Å². The average molecular weight is 322 g/mol. The lowest BCUT2D eigenvalue weighted by atomic mass is 10.2. The number of ketones is 1. The molecule has 0 spiro atoms. The van der Waals surface area contributed by atoms with Gasteiger partial charge in [-0.2, -0.15) is 0 Å². The van der Waals surface area contributed by atoms with Crippen molar-refractivity contribution >= 4 is 23.1 Å². The van der Waals surface area contributed by atoms with Crippen LogP contribution in [-0.4, -0.2) is 25.0 Å². The molecule has 0 radical (unpaired) electrons. The molecule has 0 bridgehead atoms. The lowest BCUT2D eigenvalue weighted by Gasteiger charge is -2.07. The quantitative estimate of drug-likeness (QED) is 0.424. The zero-order chi connectivity index (χ0) is 15.8. The van der Waals surface area contributed by atoms with Crippen LogP contribution in [0.3, 0.4) is 0 Å². The van der Waals surface area contributed by atoms with Crippen molar-refractivity contribution in [3.8, 4) is 5.75 Å². The summed E-state index contributed by atoms with van der Waals surface area (Å²) in [5.41, 5.74) is 0. The van der Waals surface area contributed by atoms with Gasteiger partial charge in [0.25, 0.3) is 0 Å². The summed E-state index contributed by atoms with van der Waals surface area (Å²) < 4.78 is 23.3. The van der Waals surface area contributed by atoms with Crippen molar-refractivity contribution in [1.29, 1.82) is 0 Å². The van der Waals surface area contributed by atoms with E-state index in [0.29, 0.717) is 4.88 Å². The van der Waals surface area contributed by atoms with Gasteiger partial charge in [-0.3, -0.25) is 9.59 Å². The first-order chi connectivity index (χ1) is 10.7. The first kappa shape index (κ1) is 16.2. The van der Waals surface area contributed by atoms with Crippen molar-refractivity contribution in [2.75, 3.05) is 13.2 Å². The highest BCUT2D eigenvalue weighted by Gasteiger charge is 2.11. The molecule has 6 heteroatoms. The third kappa shape index (κ3) is 4.96. The van der Waals surface area contributed by atoms with Gasteiger partial charge in [0, 0.05) is 6.42 Å². The number of hydrogen-bond donors (Lipinski definition) is 0. The second-order valence-electron chi connectivity index (χ2n) is 4.40. The smallest absolute Gasteiger partial charge is 0.306 e. The summed E-state index contributed by atoms with van der Waals surface area (Å²) in [5.74, 6) is -0.890. The monoisotopic (exact) mass is 322 g/mol.